The van der Waals surface area contributed by atoms with Crippen molar-refractivity contribution in [1.82, 2.24) is 9.78 Å². The molecule has 0 aliphatic rings. The zero-order valence-corrected chi connectivity index (χ0v) is 11.6. The first kappa shape index (κ1) is 13.1. The summed E-state index contributed by atoms with van der Waals surface area (Å²) in [5.74, 6) is -0.140. The molecule has 94 valence electrons. The van der Waals surface area contributed by atoms with Gasteiger partial charge in [-0.3, -0.25) is 9.48 Å². The van der Waals surface area contributed by atoms with Crippen molar-refractivity contribution in [2.24, 2.45) is 0 Å². The van der Waals surface area contributed by atoms with Crippen molar-refractivity contribution in [2.45, 2.75) is 20.4 Å². The Labute approximate surface area is 115 Å². The first-order chi connectivity index (χ1) is 8.54. The summed E-state index contributed by atoms with van der Waals surface area (Å²) < 4.78 is 1.59. The van der Waals surface area contributed by atoms with E-state index in [4.69, 9.17) is 23.2 Å². The molecular formula is C13H12Cl2N2O. The Morgan fingerprint density at radius 2 is 2.06 bits per heavy atom. The van der Waals surface area contributed by atoms with Gasteiger partial charge in [0.2, 0.25) is 5.78 Å². The summed E-state index contributed by atoms with van der Waals surface area (Å²) in [6.07, 6.45) is 1.49. The number of nitrogens with zero attached hydrogens (tertiary/aromatic N) is 2. The van der Waals surface area contributed by atoms with E-state index in [0.717, 1.165) is 5.56 Å². The number of hydrogen-bond acceptors (Lipinski definition) is 2. The maximum atomic E-state index is 12.4. The van der Waals surface area contributed by atoms with Gasteiger partial charge in [0.25, 0.3) is 0 Å². The fourth-order valence-electron chi connectivity index (χ4n) is 1.75. The van der Waals surface area contributed by atoms with Crippen LogP contribution in [0.3, 0.4) is 0 Å². The highest BCUT2D eigenvalue weighted by atomic mass is 35.5. The lowest BCUT2D eigenvalue weighted by atomic mass is 10.1. The Morgan fingerprint density at radius 3 is 2.67 bits per heavy atom. The van der Waals surface area contributed by atoms with Gasteiger partial charge in [0.15, 0.2) is 0 Å². The molecule has 0 spiro atoms. The van der Waals surface area contributed by atoms with Crippen LogP contribution in [0.15, 0.2) is 24.4 Å². The van der Waals surface area contributed by atoms with E-state index in [0.29, 0.717) is 27.8 Å². The van der Waals surface area contributed by atoms with Crippen LogP contribution in [-0.2, 0) is 6.54 Å². The van der Waals surface area contributed by atoms with Crippen LogP contribution in [0.4, 0.5) is 0 Å². The number of benzene rings is 1. The Kier molecular flexibility index (Phi) is 3.73. The Morgan fingerprint density at radius 1 is 1.33 bits per heavy atom. The highest BCUT2D eigenvalue weighted by Crippen LogP contribution is 2.22. The molecule has 1 heterocycles. The summed E-state index contributed by atoms with van der Waals surface area (Å²) in [6.45, 7) is 4.37. The topological polar surface area (TPSA) is 34.9 Å². The molecule has 0 aliphatic carbocycles. The third kappa shape index (κ3) is 2.28. The minimum Gasteiger partial charge on any atom is -0.287 e. The lowest BCUT2D eigenvalue weighted by molar-refractivity contribution is 0.102. The van der Waals surface area contributed by atoms with Crippen LogP contribution in [0.1, 0.15) is 28.5 Å². The zero-order valence-electron chi connectivity index (χ0n) is 10.1. The van der Waals surface area contributed by atoms with Gasteiger partial charge in [-0.2, -0.15) is 5.10 Å². The lowest BCUT2D eigenvalue weighted by Gasteiger charge is -2.06. The van der Waals surface area contributed by atoms with Gasteiger partial charge in [0.05, 0.1) is 11.2 Å². The summed E-state index contributed by atoms with van der Waals surface area (Å²) in [6, 6.07) is 5.17. The van der Waals surface area contributed by atoms with E-state index in [-0.39, 0.29) is 5.78 Å². The minimum atomic E-state index is -0.140. The molecule has 0 N–H and O–H groups in total. The van der Waals surface area contributed by atoms with Crippen molar-refractivity contribution in [1.29, 1.82) is 0 Å². The third-order valence-electron chi connectivity index (χ3n) is 2.73. The van der Waals surface area contributed by atoms with Crippen molar-refractivity contribution in [2.75, 3.05) is 0 Å². The predicted octanol–water partition coefficient (Wildman–Crippen LogP) is 3.75. The summed E-state index contributed by atoms with van der Waals surface area (Å²) in [4.78, 5) is 12.4. The van der Waals surface area contributed by atoms with Crippen molar-refractivity contribution < 1.29 is 4.79 Å². The number of rotatable bonds is 3. The highest BCUT2D eigenvalue weighted by Gasteiger charge is 2.18. The molecule has 1 aromatic heterocycles. The standard InChI is InChI=1S/C13H12Cl2N2O/c1-3-17-12(11(15)7-16-17)13(18)9-4-5-10(14)8(2)6-9/h4-7H,3H2,1-2H3. The predicted molar refractivity (Wildman–Crippen MR) is 72.5 cm³/mol. The second-order valence-corrected chi connectivity index (χ2v) is 4.76. The number of halogens is 2. The molecule has 2 rings (SSSR count). The van der Waals surface area contributed by atoms with E-state index in [2.05, 4.69) is 5.10 Å². The van der Waals surface area contributed by atoms with E-state index in [1.54, 1.807) is 22.9 Å². The van der Waals surface area contributed by atoms with E-state index >= 15 is 0 Å². The summed E-state index contributed by atoms with van der Waals surface area (Å²) in [5.41, 5.74) is 1.84. The van der Waals surface area contributed by atoms with Crippen LogP contribution >= 0.6 is 23.2 Å². The monoisotopic (exact) mass is 282 g/mol. The van der Waals surface area contributed by atoms with Crippen molar-refractivity contribution in [3.05, 3.63) is 51.3 Å². The van der Waals surface area contributed by atoms with Crippen LogP contribution in [0.5, 0.6) is 0 Å². The van der Waals surface area contributed by atoms with Crippen LogP contribution in [0.2, 0.25) is 10.0 Å². The molecule has 0 amide bonds. The van der Waals surface area contributed by atoms with E-state index in [9.17, 15) is 4.79 Å². The first-order valence-corrected chi connectivity index (χ1v) is 6.32. The molecule has 0 aliphatic heterocycles. The molecule has 5 heteroatoms. The van der Waals surface area contributed by atoms with Crippen LogP contribution < -0.4 is 0 Å². The summed E-state index contributed by atoms with van der Waals surface area (Å²) in [7, 11) is 0. The third-order valence-corrected chi connectivity index (χ3v) is 3.43. The van der Waals surface area contributed by atoms with Gasteiger partial charge < -0.3 is 0 Å². The van der Waals surface area contributed by atoms with Crippen molar-refractivity contribution in [3.8, 4) is 0 Å². The Bertz CT molecular complexity index is 605. The zero-order chi connectivity index (χ0) is 13.3. The van der Waals surface area contributed by atoms with Crippen LogP contribution in [-0.4, -0.2) is 15.6 Å². The molecule has 0 radical (unpaired) electrons. The number of aromatic nitrogens is 2. The van der Waals surface area contributed by atoms with Crippen LogP contribution in [0.25, 0.3) is 0 Å². The molecule has 2 aromatic rings. The summed E-state index contributed by atoms with van der Waals surface area (Å²) in [5, 5.41) is 5.07. The minimum absolute atomic E-state index is 0.140. The normalized spacial score (nSPS) is 10.7. The largest absolute Gasteiger partial charge is 0.287 e. The SMILES string of the molecule is CCn1ncc(Cl)c1C(=O)c1ccc(Cl)c(C)c1. The maximum absolute atomic E-state index is 12.4. The number of carbonyl (C=O) groups excluding carboxylic acids is 1. The Hall–Kier alpha value is -1.32. The van der Waals surface area contributed by atoms with E-state index in [1.807, 2.05) is 13.8 Å². The molecule has 0 saturated heterocycles. The number of carbonyl (C=O) groups is 1. The van der Waals surface area contributed by atoms with Gasteiger partial charge in [0.1, 0.15) is 5.69 Å². The molecule has 0 unspecified atom stereocenters. The lowest BCUT2D eigenvalue weighted by Crippen LogP contribution is -2.11. The smallest absolute Gasteiger partial charge is 0.212 e. The van der Waals surface area contributed by atoms with E-state index < -0.39 is 0 Å². The molecule has 3 nitrogen and oxygen atoms in total. The van der Waals surface area contributed by atoms with Gasteiger partial charge in [0, 0.05) is 17.1 Å². The molecule has 0 fully saturated rings. The first-order valence-electron chi connectivity index (χ1n) is 5.56. The average molecular weight is 283 g/mol. The van der Waals surface area contributed by atoms with Gasteiger partial charge in [-0.15, -0.1) is 0 Å². The number of hydrogen-bond donors (Lipinski definition) is 0. The Balaban J connectivity index is 2.47. The second kappa shape index (κ2) is 5.12. The fourth-order valence-corrected chi connectivity index (χ4v) is 2.10. The molecule has 1 aromatic carbocycles. The van der Waals surface area contributed by atoms with Gasteiger partial charge in [-0.05, 0) is 37.6 Å². The summed E-state index contributed by atoms with van der Waals surface area (Å²) >= 11 is 12.0. The van der Waals surface area contributed by atoms with E-state index in [1.165, 1.54) is 6.20 Å². The average Bonchev–Trinajstić information content (AvgIpc) is 2.73. The second-order valence-electron chi connectivity index (χ2n) is 3.95. The van der Waals surface area contributed by atoms with Gasteiger partial charge in [-0.25, -0.2) is 0 Å². The quantitative estimate of drug-likeness (QED) is 0.804. The fraction of sp³-hybridized carbons (Fsp3) is 0.231. The van der Waals surface area contributed by atoms with Crippen molar-refractivity contribution in [3.63, 3.8) is 0 Å². The maximum Gasteiger partial charge on any atom is 0.212 e. The van der Waals surface area contributed by atoms with Gasteiger partial charge in [-0.1, -0.05) is 23.2 Å². The molecule has 18 heavy (non-hydrogen) atoms. The molecule has 0 saturated carbocycles. The van der Waals surface area contributed by atoms with Crippen molar-refractivity contribution >= 4 is 29.0 Å². The highest BCUT2D eigenvalue weighted by molar-refractivity contribution is 6.34. The van der Waals surface area contributed by atoms with Gasteiger partial charge >= 0.3 is 0 Å². The number of aryl methyl sites for hydroxylation is 2. The number of ketones is 1. The molecular weight excluding hydrogens is 271 g/mol. The van der Waals surface area contributed by atoms with Crippen LogP contribution in [0, 0.1) is 6.92 Å². The molecule has 0 bridgehead atoms. The molecule has 0 atom stereocenters.